The Morgan fingerprint density at radius 1 is 1.08 bits per heavy atom. The molecule has 184 valence electrons. The first kappa shape index (κ1) is 23.4. The quantitative estimate of drug-likeness (QED) is 0.422. The van der Waals surface area contributed by atoms with Crippen LogP contribution < -0.4 is 16.2 Å². The average molecular weight is 488 g/mol. The molecule has 36 heavy (non-hydrogen) atoms. The molecule has 5 rings (SSSR count). The van der Waals surface area contributed by atoms with E-state index < -0.39 is 17.4 Å². The third-order valence-electron chi connectivity index (χ3n) is 6.28. The molecule has 0 aliphatic carbocycles. The maximum atomic E-state index is 14.7. The SMILES string of the molecule is CC[C@H](Nc1ncnc2c1C(=O)N(C(C)C)CN2)c1nc2cccc(F)c2c(=O)n1-c1ccccc1. The Morgan fingerprint density at radius 2 is 1.86 bits per heavy atom. The number of hydrogen-bond donors (Lipinski definition) is 2. The van der Waals surface area contributed by atoms with Gasteiger partial charge in [0.25, 0.3) is 11.5 Å². The number of para-hydroxylation sites is 1. The van der Waals surface area contributed by atoms with Crippen LogP contribution in [0.15, 0.2) is 59.7 Å². The highest BCUT2D eigenvalue weighted by Gasteiger charge is 2.32. The molecule has 4 aromatic rings. The van der Waals surface area contributed by atoms with Gasteiger partial charge in [-0.15, -0.1) is 0 Å². The second kappa shape index (κ2) is 9.37. The van der Waals surface area contributed by atoms with Gasteiger partial charge in [0, 0.05) is 6.04 Å². The van der Waals surface area contributed by atoms with Crippen LogP contribution in [-0.2, 0) is 0 Å². The molecular formula is C26H26FN7O2. The molecule has 9 nitrogen and oxygen atoms in total. The number of hydrogen-bond acceptors (Lipinski definition) is 7. The van der Waals surface area contributed by atoms with Gasteiger partial charge in [-0.2, -0.15) is 0 Å². The summed E-state index contributed by atoms with van der Waals surface area (Å²) >= 11 is 0. The van der Waals surface area contributed by atoms with Gasteiger partial charge in [-0.25, -0.2) is 19.3 Å². The number of halogens is 1. The van der Waals surface area contributed by atoms with Crippen molar-refractivity contribution in [1.29, 1.82) is 0 Å². The molecule has 0 unspecified atom stereocenters. The summed E-state index contributed by atoms with van der Waals surface area (Å²) in [6.07, 6.45) is 1.89. The van der Waals surface area contributed by atoms with E-state index in [1.165, 1.54) is 23.0 Å². The third-order valence-corrected chi connectivity index (χ3v) is 6.28. The van der Waals surface area contributed by atoms with Crippen molar-refractivity contribution in [2.45, 2.75) is 39.3 Å². The van der Waals surface area contributed by atoms with Crippen molar-refractivity contribution >= 4 is 28.4 Å². The van der Waals surface area contributed by atoms with Crippen molar-refractivity contribution in [3.05, 3.63) is 82.4 Å². The Morgan fingerprint density at radius 3 is 2.58 bits per heavy atom. The molecule has 0 bridgehead atoms. The summed E-state index contributed by atoms with van der Waals surface area (Å²) in [6, 6.07) is 12.8. The highest BCUT2D eigenvalue weighted by atomic mass is 19.1. The van der Waals surface area contributed by atoms with Crippen molar-refractivity contribution in [2.75, 3.05) is 17.3 Å². The van der Waals surface area contributed by atoms with E-state index in [1.54, 1.807) is 35.2 Å². The summed E-state index contributed by atoms with van der Waals surface area (Å²) in [5.74, 6) is 0.348. The number of carbonyl (C=O) groups is 1. The lowest BCUT2D eigenvalue weighted by Gasteiger charge is -2.33. The molecule has 2 aromatic carbocycles. The predicted molar refractivity (Wildman–Crippen MR) is 136 cm³/mol. The molecule has 2 aromatic heterocycles. The number of aromatic nitrogens is 4. The zero-order chi connectivity index (χ0) is 25.4. The van der Waals surface area contributed by atoms with E-state index in [-0.39, 0.29) is 22.9 Å². The first-order valence-corrected chi connectivity index (χ1v) is 11.8. The van der Waals surface area contributed by atoms with Gasteiger partial charge in [0.2, 0.25) is 0 Å². The van der Waals surface area contributed by atoms with E-state index >= 15 is 0 Å². The predicted octanol–water partition coefficient (Wildman–Crippen LogP) is 4.11. The third kappa shape index (κ3) is 3.94. The molecule has 2 N–H and O–H groups in total. The summed E-state index contributed by atoms with van der Waals surface area (Å²) in [5, 5.41) is 6.42. The standard InChI is InChI=1S/C26H26FN7O2/c1-4-18(31-23-21-22(28-13-29-23)30-14-33(15(2)3)25(21)35)24-32-19-12-8-11-17(27)20(19)26(36)34(24)16-9-6-5-7-10-16/h5-13,15,18H,4,14H2,1-3H3,(H2,28,29,30,31)/t18-/m0/s1. The number of benzene rings is 2. The van der Waals surface area contributed by atoms with Gasteiger partial charge in [0.15, 0.2) is 0 Å². The van der Waals surface area contributed by atoms with Gasteiger partial charge in [-0.1, -0.05) is 31.2 Å². The van der Waals surface area contributed by atoms with E-state index in [9.17, 15) is 14.0 Å². The minimum atomic E-state index is -0.627. The van der Waals surface area contributed by atoms with Crippen LogP contribution in [0.1, 0.15) is 49.4 Å². The Bertz CT molecular complexity index is 1500. The van der Waals surface area contributed by atoms with E-state index in [1.807, 2.05) is 26.8 Å². The van der Waals surface area contributed by atoms with E-state index in [0.717, 1.165) is 0 Å². The Labute approximate surface area is 207 Å². The molecule has 0 spiro atoms. The molecule has 1 aliphatic heterocycles. The number of nitrogens with zero attached hydrogens (tertiary/aromatic N) is 5. The number of amides is 1. The van der Waals surface area contributed by atoms with Gasteiger partial charge in [0.05, 0.1) is 23.9 Å². The fourth-order valence-electron chi connectivity index (χ4n) is 4.41. The molecule has 1 atom stereocenters. The van der Waals surface area contributed by atoms with Crippen molar-refractivity contribution in [3.8, 4) is 5.69 Å². The van der Waals surface area contributed by atoms with Gasteiger partial charge in [0.1, 0.15) is 40.6 Å². The lowest BCUT2D eigenvalue weighted by molar-refractivity contribution is 0.0710. The molecule has 3 heterocycles. The maximum absolute atomic E-state index is 14.7. The number of nitrogens with one attached hydrogen (secondary N) is 2. The van der Waals surface area contributed by atoms with Crippen LogP contribution in [0.4, 0.5) is 16.0 Å². The Hall–Kier alpha value is -4.34. The molecular weight excluding hydrogens is 461 g/mol. The smallest absolute Gasteiger partial charge is 0.269 e. The van der Waals surface area contributed by atoms with Crippen molar-refractivity contribution in [3.63, 3.8) is 0 Å². The summed E-state index contributed by atoms with van der Waals surface area (Å²) in [5.41, 5.74) is 0.643. The number of rotatable bonds is 6. The van der Waals surface area contributed by atoms with Crippen molar-refractivity contribution in [2.24, 2.45) is 0 Å². The Kier molecular flexibility index (Phi) is 6.09. The molecule has 0 radical (unpaired) electrons. The lowest BCUT2D eigenvalue weighted by atomic mass is 10.1. The number of fused-ring (bicyclic) bond motifs is 2. The van der Waals surface area contributed by atoms with E-state index in [4.69, 9.17) is 4.98 Å². The van der Waals surface area contributed by atoms with Crippen LogP contribution in [-0.4, -0.2) is 43.0 Å². The van der Waals surface area contributed by atoms with Crippen molar-refractivity contribution < 1.29 is 9.18 Å². The van der Waals surface area contributed by atoms with Crippen LogP contribution in [0.2, 0.25) is 0 Å². The summed E-state index contributed by atoms with van der Waals surface area (Å²) in [4.78, 5) is 41.9. The van der Waals surface area contributed by atoms with Gasteiger partial charge in [-0.05, 0) is 44.5 Å². The topological polar surface area (TPSA) is 105 Å². The first-order chi connectivity index (χ1) is 17.4. The second-order valence-corrected chi connectivity index (χ2v) is 8.83. The van der Waals surface area contributed by atoms with E-state index in [0.29, 0.717) is 41.8 Å². The lowest BCUT2D eigenvalue weighted by Crippen LogP contribution is -2.45. The normalized spacial score (nSPS) is 14.0. The number of anilines is 2. The fourth-order valence-corrected chi connectivity index (χ4v) is 4.41. The van der Waals surface area contributed by atoms with Crippen LogP contribution >= 0.6 is 0 Å². The fraction of sp³-hybridized carbons (Fsp3) is 0.269. The largest absolute Gasteiger partial charge is 0.359 e. The molecule has 1 amide bonds. The molecule has 0 fully saturated rings. The minimum Gasteiger partial charge on any atom is -0.359 e. The first-order valence-electron chi connectivity index (χ1n) is 11.8. The van der Waals surface area contributed by atoms with Crippen LogP contribution in [0, 0.1) is 5.82 Å². The Balaban J connectivity index is 1.67. The van der Waals surface area contributed by atoms with Crippen LogP contribution in [0.3, 0.4) is 0 Å². The maximum Gasteiger partial charge on any atom is 0.269 e. The van der Waals surface area contributed by atoms with E-state index in [2.05, 4.69) is 20.6 Å². The van der Waals surface area contributed by atoms with Gasteiger partial charge in [-0.3, -0.25) is 14.2 Å². The zero-order valence-electron chi connectivity index (χ0n) is 20.2. The molecule has 0 saturated heterocycles. The van der Waals surface area contributed by atoms with Crippen LogP contribution in [0.5, 0.6) is 0 Å². The summed E-state index contributed by atoms with van der Waals surface area (Å²) in [7, 11) is 0. The van der Waals surface area contributed by atoms with Crippen LogP contribution in [0.25, 0.3) is 16.6 Å². The highest BCUT2D eigenvalue weighted by molar-refractivity contribution is 6.04. The molecule has 1 aliphatic rings. The summed E-state index contributed by atoms with van der Waals surface area (Å²) < 4.78 is 16.1. The second-order valence-electron chi connectivity index (χ2n) is 8.83. The average Bonchev–Trinajstić information content (AvgIpc) is 2.87. The van der Waals surface area contributed by atoms with Gasteiger partial charge >= 0.3 is 0 Å². The van der Waals surface area contributed by atoms with Gasteiger partial charge < -0.3 is 15.5 Å². The summed E-state index contributed by atoms with van der Waals surface area (Å²) in [6.45, 7) is 6.16. The zero-order valence-corrected chi connectivity index (χ0v) is 20.2. The number of carbonyl (C=O) groups excluding carboxylic acids is 1. The minimum absolute atomic E-state index is 0.0199. The molecule has 10 heteroatoms. The van der Waals surface area contributed by atoms with Crippen molar-refractivity contribution in [1.82, 2.24) is 24.4 Å². The highest BCUT2D eigenvalue weighted by Crippen LogP contribution is 2.30. The molecule has 0 saturated carbocycles. The monoisotopic (exact) mass is 487 g/mol.